The molecule has 0 bridgehead atoms. The number of aryl methyl sites for hydroxylation is 1. The molecule has 11 nitrogen and oxygen atoms in total. The van der Waals surface area contributed by atoms with Crippen LogP contribution in [0.2, 0.25) is 5.02 Å². The number of amides is 5. The molecule has 0 radical (unpaired) electrons. The lowest BCUT2D eigenvalue weighted by molar-refractivity contribution is -0.141. The van der Waals surface area contributed by atoms with Crippen molar-refractivity contribution >= 4 is 52.5 Å². The van der Waals surface area contributed by atoms with Crippen LogP contribution in [0.15, 0.2) is 36.4 Å². The highest BCUT2D eigenvalue weighted by atomic mass is 35.5. The summed E-state index contributed by atoms with van der Waals surface area (Å²) >= 11 is 6.39. The summed E-state index contributed by atoms with van der Waals surface area (Å²) < 4.78 is 0. The van der Waals surface area contributed by atoms with Gasteiger partial charge in [-0.15, -0.1) is 0 Å². The van der Waals surface area contributed by atoms with Crippen LogP contribution in [0, 0.1) is 18.8 Å². The highest BCUT2D eigenvalue weighted by molar-refractivity contribution is 6.34. The first-order valence-corrected chi connectivity index (χ1v) is 17.0. The number of carbonyl (C=O) groups is 5. The normalized spacial score (nSPS) is 20.5. The molecule has 3 aliphatic rings. The van der Waals surface area contributed by atoms with Gasteiger partial charge in [-0.05, 0) is 100 Å². The Morgan fingerprint density at radius 1 is 0.851 bits per heavy atom. The van der Waals surface area contributed by atoms with E-state index >= 15 is 0 Å². The van der Waals surface area contributed by atoms with E-state index in [2.05, 4.69) is 22.9 Å². The van der Waals surface area contributed by atoms with Crippen LogP contribution in [-0.4, -0.2) is 96.6 Å². The predicted molar refractivity (Wildman–Crippen MR) is 181 cm³/mol. The van der Waals surface area contributed by atoms with E-state index in [4.69, 9.17) is 11.6 Å². The minimum atomic E-state index is -0.569. The Labute approximate surface area is 281 Å². The summed E-state index contributed by atoms with van der Waals surface area (Å²) in [7, 11) is 1.55. The second-order valence-corrected chi connectivity index (χ2v) is 13.5. The maximum Gasteiger partial charge on any atom is 0.253 e. The van der Waals surface area contributed by atoms with Crippen molar-refractivity contribution in [3.05, 3.63) is 58.1 Å². The maximum absolute atomic E-state index is 13.6. The van der Waals surface area contributed by atoms with E-state index in [1.165, 1.54) is 0 Å². The number of benzene rings is 2. The van der Waals surface area contributed by atoms with Crippen molar-refractivity contribution in [2.75, 3.05) is 56.9 Å². The quantitative estimate of drug-likeness (QED) is 0.389. The lowest BCUT2D eigenvalue weighted by atomic mass is 9.95. The lowest BCUT2D eigenvalue weighted by Gasteiger charge is -2.34. The molecular formula is C35H45ClN6O5. The molecular weight excluding hydrogens is 620 g/mol. The van der Waals surface area contributed by atoms with Crippen molar-refractivity contribution in [1.82, 2.24) is 20.0 Å². The highest BCUT2D eigenvalue weighted by Gasteiger charge is 2.38. The molecule has 3 N–H and O–H groups in total. The zero-order valence-electron chi connectivity index (χ0n) is 27.4. The first kappa shape index (κ1) is 34.4. The Hall–Kier alpha value is -3.96. The number of halogens is 1. The lowest BCUT2D eigenvalue weighted by Crippen LogP contribution is -2.48. The molecule has 3 saturated heterocycles. The molecule has 47 heavy (non-hydrogen) atoms. The van der Waals surface area contributed by atoms with Crippen LogP contribution in [-0.2, 0) is 14.4 Å². The largest absolute Gasteiger partial charge is 0.355 e. The van der Waals surface area contributed by atoms with E-state index in [1.54, 1.807) is 48.3 Å². The molecule has 5 amide bonds. The zero-order chi connectivity index (χ0) is 33.7. The highest BCUT2D eigenvalue weighted by Crippen LogP contribution is 2.28. The van der Waals surface area contributed by atoms with Crippen molar-refractivity contribution < 1.29 is 24.0 Å². The summed E-state index contributed by atoms with van der Waals surface area (Å²) in [6, 6.07) is 9.56. The van der Waals surface area contributed by atoms with E-state index in [0.29, 0.717) is 72.3 Å². The summed E-state index contributed by atoms with van der Waals surface area (Å²) in [6.45, 7) is 7.26. The van der Waals surface area contributed by atoms with E-state index in [-0.39, 0.29) is 42.0 Å². The van der Waals surface area contributed by atoms with Crippen molar-refractivity contribution in [1.29, 1.82) is 0 Å². The average Bonchev–Trinajstić information content (AvgIpc) is 3.56. The maximum atomic E-state index is 13.6. The molecule has 252 valence electrons. The van der Waals surface area contributed by atoms with Crippen LogP contribution in [0.25, 0.3) is 0 Å². The Morgan fingerprint density at radius 3 is 2.28 bits per heavy atom. The molecule has 2 atom stereocenters. The monoisotopic (exact) mass is 664 g/mol. The van der Waals surface area contributed by atoms with Crippen molar-refractivity contribution in [2.45, 2.75) is 58.4 Å². The average molecular weight is 665 g/mol. The molecule has 2 aromatic rings. The molecule has 3 aliphatic heterocycles. The fraction of sp³-hybridized carbons (Fsp3) is 0.514. The van der Waals surface area contributed by atoms with E-state index in [1.807, 2.05) is 16.7 Å². The van der Waals surface area contributed by atoms with Gasteiger partial charge in [0.05, 0.1) is 17.3 Å². The van der Waals surface area contributed by atoms with Crippen LogP contribution in [0.1, 0.15) is 71.7 Å². The third-order valence-electron chi connectivity index (χ3n) is 9.56. The second-order valence-electron chi connectivity index (χ2n) is 13.1. The molecule has 0 saturated carbocycles. The third kappa shape index (κ3) is 8.31. The Kier molecular flexibility index (Phi) is 11.2. The molecule has 3 fully saturated rings. The van der Waals surface area contributed by atoms with Crippen LogP contribution in [0.5, 0.6) is 0 Å². The fourth-order valence-electron chi connectivity index (χ4n) is 6.84. The molecule has 2 aromatic carbocycles. The standard InChI is InChI=1S/C35H45ClN6O5/c1-22-6-4-14-41(20-22)34(46)26-10-11-27(36)29(19-26)38-31(43)21-40-16-12-24(13-17-40)35(47)42-15-5-7-30(42)33(45)39-28-18-25(32(44)37-3)9-8-23(28)2/h8-11,18-19,22,24,30H,4-7,12-17,20-21H2,1-3H3,(H,37,44)(H,38,43)(H,39,45). The van der Waals surface area contributed by atoms with Gasteiger partial charge in [-0.25, -0.2) is 0 Å². The van der Waals surface area contributed by atoms with Crippen LogP contribution < -0.4 is 16.0 Å². The second kappa shape index (κ2) is 15.3. The number of anilines is 2. The van der Waals surface area contributed by atoms with E-state index in [9.17, 15) is 24.0 Å². The van der Waals surface area contributed by atoms with Crippen molar-refractivity contribution in [3.8, 4) is 0 Å². The number of rotatable bonds is 8. The number of carbonyl (C=O) groups excluding carboxylic acids is 5. The molecule has 12 heteroatoms. The fourth-order valence-corrected chi connectivity index (χ4v) is 7.00. The molecule has 0 spiro atoms. The van der Waals surface area contributed by atoms with Gasteiger partial charge in [0.2, 0.25) is 17.7 Å². The van der Waals surface area contributed by atoms with E-state index in [0.717, 1.165) is 37.9 Å². The van der Waals surface area contributed by atoms with Gasteiger partial charge >= 0.3 is 0 Å². The van der Waals surface area contributed by atoms with Crippen molar-refractivity contribution in [2.24, 2.45) is 11.8 Å². The van der Waals surface area contributed by atoms with Gasteiger partial charge < -0.3 is 25.8 Å². The van der Waals surface area contributed by atoms with Gasteiger partial charge in [-0.2, -0.15) is 0 Å². The predicted octanol–water partition coefficient (Wildman–Crippen LogP) is 4.16. The Balaban J connectivity index is 1.12. The van der Waals surface area contributed by atoms with E-state index < -0.39 is 6.04 Å². The number of likely N-dealkylation sites (tertiary alicyclic amines) is 3. The summed E-state index contributed by atoms with van der Waals surface area (Å²) in [4.78, 5) is 70.7. The van der Waals surface area contributed by atoms with Gasteiger partial charge in [-0.1, -0.05) is 24.6 Å². The smallest absolute Gasteiger partial charge is 0.253 e. The summed E-state index contributed by atoms with van der Waals surface area (Å²) in [5.41, 5.74) is 2.74. The first-order chi connectivity index (χ1) is 22.5. The van der Waals surface area contributed by atoms with Crippen LogP contribution in [0.3, 0.4) is 0 Å². The van der Waals surface area contributed by atoms with Crippen LogP contribution in [0.4, 0.5) is 11.4 Å². The minimum absolute atomic E-state index is 0.0288. The molecule has 2 unspecified atom stereocenters. The summed E-state index contributed by atoms with van der Waals surface area (Å²) in [5, 5.41) is 8.77. The van der Waals surface area contributed by atoms with Crippen molar-refractivity contribution in [3.63, 3.8) is 0 Å². The number of piperidine rings is 2. The van der Waals surface area contributed by atoms with Gasteiger partial charge in [0.1, 0.15) is 6.04 Å². The molecule has 0 aliphatic carbocycles. The Bertz CT molecular complexity index is 1520. The summed E-state index contributed by atoms with van der Waals surface area (Å²) in [5.74, 6) is -0.579. The van der Waals surface area contributed by atoms with Gasteiger partial charge in [0, 0.05) is 49.4 Å². The van der Waals surface area contributed by atoms with Gasteiger partial charge in [0.25, 0.3) is 11.8 Å². The number of hydrogen-bond donors (Lipinski definition) is 3. The topological polar surface area (TPSA) is 131 Å². The van der Waals surface area contributed by atoms with Gasteiger partial charge in [-0.3, -0.25) is 28.9 Å². The van der Waals surface area contributed by atoms with Gasteiger partial charge in [0.15, 0.2) is 0 Å². The number of hydrogen-bond acceptors (Lipinski definition) is 6. The number of nitrogens with zero attached hydrogens (tertiary/aromatic N) is 3. The zero-order valence-corrected chi connectivity index (χ0v) is 28.2. The first-order valence-electron chi connectivity index (χ1n) is 16.6. The van der Waals surface area contributed by atoms with Crippen LogP contribution >= 0.6 is 11.6 Å². The summed E-state index contributed by atoms with van der Waals surface area (Å²) in [6.07, 6.45) is 4.59. The molecule has 5 rings (SSSR count). The molecule has 0 aromatic heterocycles. The Morgan fingerprint density at radius 2 is 1.55 bits per heavy atom. The minimum Gasteiger partial charge on any atom is -0.355 e. The molecule has 3 heterocycles. The number of nitrogens with one attached hydrogen (secondary N) is 3. The SMILES string of the molecule is CNC(=O)c1ccc(C)c(NC(=O)C2CCCN2C(=O)C2CCN(CC(=O)Nc3cc(C(=O)N4CCCC(C)C4)ccc3Cl)CC2)c1. The third-order valence-corrected chi connectivity index (χ3v) is 9.89.